The van der Waals surface area contributed by atoms with Crippen LogP contribution in [0, 0.1) is 17.6 Å². The number of rotatable bonds is 5. The smallest absolute Gasteiger partial charge is 0.410 e. The number of hydrogen-bond donors (Lipinski definition) is 0. The second kappa shape index (κ2) is 11.0. The highest BCUT2D eigenvalue weighted by Crippen LogP contribution is 2.42. The van der Waals surface area contributed by atoms with E-state index >= 15 is 8.78 Å². The molecule has 0 radical (unpaired) electrons. The van der Waals surface area contributed by atoms with Gasteiger partial charge in [-0.3, -0.25) is 9.80 Å². The summed E-state index contributed by atoms with van der Waals surface area (Å²) in [5.74, 6) is -2.08. The maximum Gasteiger partial charge on any atom is 0.410 e. The van der Waals surface area contributed by atoms with E-state index in [2.05, 4.69) is 4.98 Å². The molecule has 1 aromatic carbocycles. The first kappa shape index (κ1) is 29.4. The molecule has 4 heterocycles. The molecule has 1 saturated heterocycles. The van der Waals surface area contributed by atoms with Gasteiger partial charge in [0, 0.05) is 56.1 Å². The highest BCUT2D eigenvalue weighted by Gasteiger charge is 2.37. The summed E-state index contributed by atoms with van der Waals surface area (Å²) in [6, 6.07) is 2.55. The summed E-state index contributed by atoms with van der Waals surface area (Å²) in [6.45, 7) is 6.76. The molecular weight excluding hydrogens is 548 g/mol. The van der Waals surface area contributed by atoms with Gasteiger partial charge >= 0.3 is 12.1 Å². The van der Waals surface area contributed by atoms with Crippen molar-refractivity contribution in [3.8, 4) is 11.5 Å². The van der Waals surface area contributed by atoms with E-state index in [9.17, 15) is 9.59 Å². The van der Waals surface area contributed by atoms with Crippen LogP contribution in [0.5, 0.6) is 11.5 Å². The second-order valence-corrected chi connectivity index (χ2v) is 11.9. The van der Waals surface area contributed by atoms with Gasteiger partial charge in [-0.05, 0) is 52.0 Å². The summed E-state index contributed by atoms with van der Waals surface area (Å²) in [5.41, 5.74) is 1.99. The van der Waals surface area contributed by atoms with E-state index in [-0.39, 0.29) is 24.1 Å². The van der Waals surface area contributed by atoms with Gasteiger partial charge in [0.15, 0.2) is 23.1 Å². The number of urea groups is 1. The number of hydrogen-bond acceptors (Lipinski definition) is 6. The van der Waals surface area contributed by atoms with Crippen molar-refractivity contribution in [3.05, 3.63) is 41.2 Å². The standard InChI is InChI=1S/C30H37F2N5O5/c1-30(2,3)42-29(39)36-10-8-17(9-11-36)12-19-13-20-25-18(15-33-27(20)34(19)4)16-37(28(38)35(25)5)26-23(31)21(40-6)14-22(41-7)24(26)32/h13-15,17H,8-12,16H2,1-7H3. The third-order valence-corrected chi connectivity index (χ3v) is 7.97. The zero-order chi connectivity index (χ0) is 30.5. The van der Waals surface area contributed by atoms with Crippen molar-refractivity contribution in [1.29, 1.82) is 0 Å². The van der Waals surface area contributed by atoms with Crippen molar-refractivity contribution in [2.45, 2.75) is 52.2 Å². The third-order valence-electron chi connectivity index (χ3n) is 7.97. The number of fused-ring (bicyclic) bond motifs is 3. The van der Waals surface area contributed by atoms with Crippen LogP contribution in [0.25, 0.3) is 11.0 Å². The van der Waals surface area contributed by atoms with E-state index in [1.54, 1.807) is 18.1 Å². The molecular formula is C30H37F2N5O5. The number of ether oxygens (including phenoxy) is 3. The number of pyridine rings is 1. The number of nitrogens with zero attached hydrogens (tertiary/aromatic N) is 5. The largest absolute Gasteiger partial charge is 0.493 e. The van der Waals surface area contributed by atoms with E-state index in [0.717, 1.165) is 41.3 Å². The normalized spacial score (nSPS) is 16.2. The molecule has 12 heteroatoms. The minimum absolute atomic E-state index is 0.0844. The molecule has 3 amide bonds. The van der Waals surface area contributed by atoms with E-state index in [1.807, 2.05) is 38.5 Å². The monoisotopic (exact) mass is 585 g/mol. The van der Waals surface area contributed by atoms with Crippen LogP contribution in [0.3, 0.4) is 0 Å². The molecule has 0 bridgehead atoms. The average molecular weight is 586 g/mol. The predicted octanol–water partition coefficient (Wildman–Crippen LogP) is 5.63. The number of methoxy groups -OCH3 is 2. The number of carbonyl (C=O) groups excluding carboxylic acids is 2. The molecule has 3 aromatic rings. The summed E-state index contributed by atoms with van der Waals surface area (Å²) in [7, 11) is 6.05. The molecule has 2 aliphatic rings. The number of anilines is 2. The minimum Gasteiger partial charge on any atom is -0.493 e. The van der Waals surface area contributed by atoms with Gasteiger partial charge in [0.05, 0.1) is 26.5 Å². The SMILES string of the molecule is COc1cc(OC)c(F)c(N2Cc3cnc4c(cc(CC5CCN(C(=O)OC(C)(C)C)CC5)n4C)c3N(C)C2=O)c1F. The molecule has 0 atom stereocenters. The fourth-order valence-corrected chi connectivity index (χ4v) is 5.80. The number of halogens is 2. The van der Waals surface area contributed by atoms with Gasteiger partial charge in [0.25, 0.3) is 0 Å². The van der Waals surface area contributed by atoms with Crippen LogP contribution < -0.4 is 19.3 Å². The summed E-state index contributed by atoms with van der Waals surface area (Å²) < 4.78 is 48.3. The highest BCUT2D eigenvalue weighted by atomic mass is 19.1. The Bertz CT molecular complexity index is 1510. The lowest BCUT2D eigenvalue weighted by atomic mass is 9.92. The molecule has 0 N–H and O–H groups in total. The summed E-state index contributed by atoms with van der Waals surface area (Å²) in [5, 5.41) is 0.788. The van der Waals surface area contributed by atoms with Gasteiger partial charge in [-0.2, -0.15) is 0 Å². The number of aromatic nitrogens is 2. The van der Waals surface area contributed by atoms with E-state index in [4.69, 9.17) is 14.2 Å². The van der Waals surface area contributed by atoms with Crippen LogP contribution in [0.2, 0.25) is 0 Å². The molecule has 2 aliphatic heterocycles. The third kappa shape index (κ3) is 5.18. The molecule has 10 nitrogen and oxygen atoms in total. The van der Waals surface area contributed by atoms with Crippen molar-refractivity contribution in [3.63, 3.8) is 0 Å². The number of likely N-dealkylation sites (tertiary alicyclic amines) is 1. The Morgan fingerprint density at radius 1 is 1.02 bits per heavy atom. The number of amides is 3. The Morgan fingerprint density at radius 3 is 2.21 bits per heavy atom. The Labute approximate surface area is 243 Å². The lowest BCUT2D eigenvalue weighted by Gasteiger charge is -2.35. The Hall–Kier alpha value is -4.09. The van der Waals surface area contributed by atoms with Crippen LogP contribution in [0.1, 0.15) is 44.9 Å². The van der Waals surface area contributed by atoms with Gasteiger partial charge in [0.2, 0.25) is 0 Å². The van der Waals surface area contributed by atoms with Crippen LogP contribution in [0.4, 0.5) is 29.7 Å². The topological polar surface area (TPSA) is 89.4 Å². The van der Waals surface area contributed by atoms with E-state index in [1.165, 1.54) is 19.1 Å². The maximum atomic E-state index is 15.3. The molecule has 5 rings (SSSR count). The fourth-order valence-electron chi connectivity index (χ4n) is 5.80. The van der Waals surface area contributed by atoms with E-state index < -0.39 is 29.0 Å². The molecule has 0 spiro atoms. The van der Waals surface area contributed by atoms with Crippen LogP contribution in [-0.2, 0) is 24.8 Å². The summed E-state index contributed by atoms with van der Waals surface area (Å²) in [6.07, 6.45) is 3.84. The first-order chi connectivity index (χ1) is 19.8. The van der Waals surface area contributed by atoms with Crippen LogP contribution in [-0.4, -0.2) is 66.5 Å². The van der Waals surface area contributed by atoms with Crippen molar-refractivity contribution in [1.82, 2.24) is 14.5 Å². The molecule has 42 heavy (non-hydrogen) atoms. The summed E-state index contributed by atoms with van der Waals surface area (Å²) >= 11 is 0. The number of carbonyl (C=O) groups is 2. The van der Waals surface area contributed by atoms with Gasteiger partial charge in [-0.15, -0.1) is 0 Å². The minimum atomic E-state index is -0.991. The number of aryl methyl sites for hydroxylation is 1. The second-order valence-electron chi connectivity index (χ2n) is 11.9. The van der Waals surface area contributed by atoms with Crippen molar-refractivity contribution in [2.24, 2.45) is 13.0 Å². The number of piperidine rings is 1. The fraction of sp³-hybridized carbons (Fsp3) is 0.500. The first-order valence-corrected chi connectivity index (χ1v) is 13.9. The van der Waals surface area contributed by atoms with Gasteiger partial charge in [-0.25, -0.2) is 23.4 Å². The average Bonchev–Trinajstić information content (AvgIpc) is 3.25. The zero-order valence-electron chi connectivity index (χ0n) is 25.1. The Kier molecular flexibility index (Phi) is 7.67. The molecule has 2 aromatic heterocycles. The highest BCUT2D eigenvalue weighted by molar-refractivity contribution is 6.11. The quantitative estimate of drug-likeness (QED) is 0.385. The lowest BCUT2D eigenvalue weighted by molar-refractivity contribution is 0.0184. The van der Waals surface area contributed by atoms with Crippen LogP contribution in [0.15, 0.2) is 18.3 Å². The molecule has 0 unspecified atom stereocenters. The lowest BCUT2D eigenvalue weighted by Crippen LogP contribution is -2.46. The van der Waals surface area contributed by atoms with Crippen molar-refractivity contribution < 1.29 is 32.6 Å². The molecule has 226 valence electrons. The first-order valence-electron chi connectivity index (χ1n) is 13.9. The molecule has 0 saturated carbocycles. The number of benzene rings is 1. The zero-order valence-corrected chi connectivity index (χ0v) is 25.1. The maximum absolute atomic E-state index is 15.3. The molecule has 0 aliphatic carbocycles. The predicted molar refractivity (Wildman–Crippen MR) is 154 cm³/mol. The van der Waals surface area contributed by atoms with Crippen molar-refractivity contribution >= 4 is 34.5 Å². The van der Waals surface area contributed by atoms with Gasteiger partial charge in [-0.1, -0.05) is 0 Å². The van der Waals surface area contributed by atoms with Crippen molar-refractivity contribution in [2.75, 3.05) is 44.2 Å². The van der Waals surface area contributed by atoms with E-state index in [0.29, 0.717) is 35.9 Å². The Morgan fingerprint density at radius 2 is 1.64 bits per heavy atom. The van der Waals surface area contributed by atoms with Crippen LogP contribution >= 0.6 is 0 Å². The molecule has 1 fully saturated rings. The Balaban J connectivity index is 1.41. The van der Waals surface area contributed by atoms with Gasteiger partial charge in [0.1, 0.15) is 16.9 Å². The van der Waals surface area contributed by atoms with Gasteiger partial charge < -0.3 is 23.7 Å². The summed E-state index contributed by atoms with van der Waals surface area (Å²) in [4.78, 5) is 34.9.